The Bertz CT molecular complexity index is 1920. The molecule has 276 valence electrons. The number of carbonyl (C=O) groups is 3. The molecule has 0 radical (unpaired) electrons. The van der Waals surface area contributed by atoms with Crippen LogP contribution in [0.15, 0.2) is 66.7 Å². The van der Waals surface area contributed by atoms with Gasteiger partial charge >= 0.3 is 12.2 Å². The molecule has 1 aliphatic heterocycles. The van der Waals surface area contributed by atoms with Crippen LogP contribution in [0.25, 0.3) is 5.69 Å². The lowest BCUT2D eigenvalue weighted by atomic mass is 9.93. The van der Waals surface area contributed by atoms with Crippen LogP contribution in [0.1, 0.15) is 82.8 Å². The molecule has 4 amide bonds. The summed E-state index contributed by atoms with van der Waals surface area (Å²) >= 11 is 0. The highest BCUT2D eigenvalue weighted by Crippen LogP contribution is 2.33. The number of urea groups is 1. The lowest BCUT2D eigenvalue weighted by Gasteiger charge is -2.36. The maximum atomic E-state index is 14.5. The van der Waals surface area contributed by atoms with Crippen molar-refractivity contribution >= 4 is 29.2 Å². The zero-order chi connectivity index (χ0) is 37.6. The summed E-state index contributed by atoms with van der Waals surface area (Å²) < 4.78 is 55.1. The Hall–Kier alpha value is -5.24. The molecule has 0 spiro atoms. The molecule has 1 atom stereocenters. The number of anilines is 2. The van der Waals surface area contributed by atoms with Crippen molar-refractivity contribution in [3.63, 3.8) is 0 Å². The topological polar surface area (TPSA) is 120 Å². The van der Waals surface area contributed by atoms with Crippen LogP contribution < -0.4 is 10.6 Å². The van der Waals surface area contributed by atoms with E-state index >= 15 is 0 Å². The summed E-state index contributed by atoms with van der Waals surface area (Å²) in [5, 5.41) is 19.8. The van der Waals surface area contributed by atoms with Gasteiger partial charge < -0.3 is 25.5 Å². The second kappa shape index (κ2) is 16.4. The van der Waals surface area contributed by atoms with Crippen molar-refractivity contribution in [3.05, 3.63) is 106 Å². The summed E-state index contributed by atoms with van der Waals surface area (Å²) in [5.74, 6) is -2.18. The molecule has 14 heteroatoms. The molecule has 0 bridgehead atoms. The third-order valence-electron chi connectivity index (χ3n) is 9.03. The first-order valence-corrected chi connectivity index (χ1v) is 17.3. The first-order chi connectivity index (χ1) is 24.8. The number of aliphatic hydroxyl groups excluding tert-OH is 1. The highest BCUT2D eigenvalue weighted by atomic mass is 19.4. The number of amides is 4. The Kier molecular flexibility index (Phi) is 12.0. The smallest absolute Gasteiger partial charge is 0.394 e. The van der Waals surface area contributed by atoms with Crippen molar-refractivity contribution in [2.75, 3.05) is 30.3 Å². The Morgan fingerprint density at radius 1 is 0.923 bits per heavy atom. The predicted octanol–water partition coefficient (Wildman–Crippen LogP) is 7.58. The number of hydrogen-bond donors (Lipinski definition) is 3. The van der Waals surface area contributed by atoms with Gasteiger partial charge in [-0.05, 0) is 79.8 Å². The van der Waals surface area contributed by atoms with Crippen LogP contribution in [-0.2, 0) is 19.1 Å². The lowest BCUT2D eigenvalue weighted by Crippen LogP contribution is -2.46. The van der Waals surface area contributed by atoms with Crippen LogP contribution >= 0.6 is 0 Å². The molecule has 3 N–H and O–H groups in total. The zero-order valence-corrected chi connectivity index (χ0v) is 29.3. The lowest BCUT2D eigenvalue weighted by molar-refractivity contribution is -0.139. The van der Waals surface area contributed by atoms with E-state index in [1.54, 1.807) is 28.9 Å². The van der Waals surface area contributed by atoms with Crippen molar-refractivity contribution in [1.82, 2.24) is 19.6 Å². The van der Waals surface area contributed by atoms with Crippen LogP contribution in [-0.4, -0.2) is 68.3 Å². The zero-order valence-electron chi connectivity index (χ0n) is 29.3. The summed E-state index contributed by atoms with van der Waals surface area (Å²) in [4.78, 5) is 44.4. The highest BCUT2D eigenvalue weighted by Gasteiger charge is 2.35. The summed E-state index contributed by atoms with van der Waals surface area (Å²) in [7, 11) is 0. The fourth-order valence-corrected chi connectivity index (χ4v) is 6.22. The van der Waals surface area contributed by atoms with Gasteiger partial charge in [0.15, 0.2) is 5.69 Å². The van der Waals surface area contributed by atoms with Gasteiger partial charge in [-0.1, -0.05) is 51.0 Å². The number of unbranched alkanes of at least 4 members (excludes halogenated alkanes) is 2. The molecule has 0 fully saturated rings. The van der Waals surface area contributed by atoms with Crippen molar-refractivity contribution in [3.8, 4) is 5.69 Å². The minimum absolute atomic E-state index is 0.0933. The molecule has 0 aliphatic carbocycles. The van der Waals surface area contributed by atoms with Gasteiger partial charge in [-0.15, -0.1) is 0 Å². The van der Waals surface area contributed by atoms with Crippen LogP contribution in [0.2, 0.25) is 0 Å². The van der Waals surface area contributed by atoms with E-state index in [2.05, 4.69) is 29.6 Å². The summed E-state index contributed by atoms with van der Waals surface area (Å²) in [6, 6.07) is 14.3. The molecule has 1 aromatic heterocycles. The number of alkyl halides is 3. The molecule has 1 aliphatic rings. The van der Waals surface area contributed by atoms with E-state index < -0.39 is 35.5 Å². The van der Waals surface area contributed by atoms with Crippen molar-refractivity contribution < 1.29 is 37.1 Å². The van der Waals surface area contributed by atoms with Gasteiger partial charge in [-0.3, -0.25) is 9.59 Å². The number of carbonyl (C=O) groups excluding carboxylic acids is 3. The second-order valence-corrected chi connectivity index (χ2v) is 12.8. The largest absolute Gasteiger partial charge is 0.419 e. The van der Waals surface area contributed by atoms with Crippen molar-refractivity contribution in [1.29, 1.82) is 0 Å². The highest BCUT2D eigenvalue weighted by molar-refractivity contribution is 6.03. The van der Waals surface area contributed by atoms with E-state index in [1.165, 1.54) is 16.8 Å². The van der Waals surface area contributed by atoms with Crippen LogP contribution in [0, 0.1) is 12.7 Å². The molecule has 0 unspecified atom stereocenters. The van der Waals surface area contributed by atoms with Gasteiger partial charge in [0.25, 0.3) is 11.8 Å². The Morgan fingerprint density at radius 3 is 2.19 bits per heavy atom. The normalized spacial score (nSPS) is 14.2. The fraction of sp³-hybridized carbons (Fsp3) is 0.368. The Balaban J connectivity index is 1.51. The molecule has 3 aromatic carbocycles. The summed E-state index contributed by atoms with van der Waals surface area (Å²) in [6.45, 7) is 6.93. The maximum absolute atomic E-state index is 14.5. The van der Waals surface area contributed by atoms with Crippen LogP contribution in [0.5, 0.6) is 0 Å². The average molecular weight is 723 g/mol. The number of nitrogens with zero attached hydrogens (tertiary/aromatic N) is 4. The molecule has 5 rings (SSSR count). The molecule has 10 nitrogen and oxygen atoms in total. The fourth-order valence-electron chi connectivity index (χ4n) is 6.22. The van der Waals surface area contributed by atoms with Gasteiger partial charge in [-0.2, -0.15) is 18.3 Å². The Morgan fingerprint density at radius 2 is 1.56 bits per heavy atom. The van der Waals surface area contributed by atoms with Crippen LogP contribution in [0.4, 0.5) is 33.7 Å². The van der Waals surface area contributed by atoms with Gasteiger partial charge in [0.05, 0.1) is 29.5 Å². The number of benzene rings is 3. The standard InChI is InChI=1S/C38H42F4N6O4/c1-4-6-16-46(17-7-5-2)36(51)33-18-24(3)48(45-33)34-15-13-27(43-37(52)44-28-12-14-32(39)31(21-28)38(40,41)42)20-30(34)35(50)47-22-26-11-9-8-10-25(26)19-29(47)23-49/h8-15,18,20-21,29,49H,4-7,16-17,19,22-23H2,1-3H3,(H2,43,44,52)/t29-/m0/s1. The van der Waals surface area contributed by atoms with Crippen molar-refractivity contribution in [2.45, 2.75) is 71.6 Å². The van der Waals surface area contributed by atoms with E-state index in [0.29, 0.717) is 43.0 Å². The quantitative estimate of drug-likeness (QED) is 0.130. The third-order valence-corrected chi connectivity index (χ3v) is 9.03. The predicted molar refractivity (Wildman–Crippen MR) is 189 cm³/mol. The molecule has 52 heavy (non-hydrogen) atoms. The SMILES string of the molecule is CCCCN(CCCC)C(=O)c1cc(C)n(-c2ccc(NC(=O)Nc3ccc(F)c(C(F)(F)F)c3)cc2C(=O)N2Cc3ccccc3C[C@H]2CO)n1. The van der Waals surface area contributed by atoms with Gasteiger partial charge in [0.2, 0.25) is 0 Å². The van der Waals surface area contributed by atoms with Gasteiger partial charge in [0, 0.05) is 36.7 Å². The minimum atomic E-state index is -4.97. The Labute approximate surface area is 299 Å². The first-order valence-electron chi connectivity index (χ1n) is 17.3. The number of aliphatic hydroxyl groups is 1. The van der Waals surface area contributed by atoms with Crippen molar-refractivity contribution in [2.24, 2.45) is 0 Å². The number of aryl methyl sites for hydroxylation is 1. The maximum Gasteiger partial charge on any atom is 0.419 e. The average Bonchev–Trinajstić information content (AvgIpc) is 3.51. The molecule has 4 aromatic rings. The van der Waals surface area contributed by atoms with Crippen LogP contribution in [0.3, 0.4) is 0 Å². The number of aromatic nitrogens is 2. The molecular formula is C38H42F4N6O4. The molecule has 2 heterocycles. The van der Waals surface area contributed by atoms with E-state index in [0.717, 1.165) is 42.9 Å². The monoisotopic (exact) mass is 722 g/mol. The third kappa shape index (κ3) is 8.61. The van der Waals surface area contributed by atoms with E-state index in [-0.39, 0.29) is 41.7 Å². The summed E-state index contributed by atoms with van der Waals surface area (Å²) in [5.41, 5.74) is 1.39. The minimum Gasteiger partial charge on any atom is -0.394 e. The number of fused-ring (bicyclic) bond motifs is 1. The number of hydrogen-bond acceptors (Lipinski definition) is 5. The molecule has 0 saturated heterocycles. The number of nitrogens with one attached hydrogen (secondary N) is 2. The van der Waals surface area contributed by atoms with E-state index in [4.69, 9.17) is 0 Å². The van der Waals surface area contributed by atoms with E-state index in [1.807, 2.05) is 24.3 Å². The van der Waals surface area contributed by atoms with Gasteiger partial charge in [0.1, 0.15) is 5.82 Å². The second-order valence-electron chi connectivity index (χ2n) is 12.8. The number of rotatable bonds is 12. The number of halogens is 4. The molecular weight excluding hydrogens is 680 g/mol. The van der Waals surface area contributed by atoms with E-state index in [9.17, 15) is 37.1 Å². The summed E-state index contributed by atoms with van der Waals surface area (Å²) in [6.07, 6.45) is -1.04. The first kappa shape index (κ1) is 38.0. The van der Waals surface area contributed by atoms with Gasteiger partial charge in [-0.25, -0.2) is 13.9 Å². The molecule has 0 saturated carbocycles.